The molecule has 0 rings (SSSR count). The molecule has 0 aromatic rings. The molecule has 0 saturated heterocycles. The molecule has 0 amide bonds. The average molecular weight is 200 g/mol. The molecule has 0 aromatic carbocycles. The van der Waals surface area contributed by atoms with Crippen molar-refractivity contribution in [2.24, 2.45) is 0 Å². The summed E-state index contributed by atoms with van der Waals surface area (Å²) in [4.78, 5) is 21.5. The van der Waals surface area contributed by atoms with Gasteiger partial charge in [0.1, 0.15) is 12.2 Å². The van der Waals surface area contributed by atoms with Gasteiger partial charge in [-0.25, -0.2) is 0 Å². The number of ketones is 1. The van der Waals surface area contributed by atoms with Gasteiger partial charge in [-0.3, -0.25) is 9.59 Å². The molecule has 0 N–H and O–H groups in total. The lowest BCUT2D eigenvalue weighted by atomic mass is 10.3. The number of hydrogen-bond donors (Lipinski definition) is 0. The number of esters is 1. The van der Waals surface area contributed by atoms with Crippen molar-refractivity contribution in [2.45, 2.75) is 33.5 Å². The molecule has 0 spiro atoms. The Bertz CT molecular complexity index is 232. The lowest BCUT2D eigenvalue weighted by Gasteiger charge is -2.13. The number of carbonyl (C=O) groups excluding carboxylic acids is 2. The van der Waals surface area contributed by atoms with E-state index < -0.39 is 12.3 Å². The summed E-state index contributed by atoms with van der Waals surface area (Å²) in [7, 11) is 0. The van der Waals surface area contributed by atoms with Gasteiger partial charge in [0.25, 0.3) is 0 Å². The molecule has 80 valence electrons. The van der Waals surface area contributed by atoms with Gasteiger partial charge >= 0.3 is 5.97 Å². The minimum Gasteiger partial charge on any atom is -0.436 e. The number of Topliss-reactive ketones (excluding diaryl/α,β-unsaturated/α-hetero) is 1. The van der Waals surface area contributed by atoms with Gasteiger partial charge in [0, 0.05) is 0 Å². The van der Waals surface area contributed by atoms with Crippen LogP contribution in [-0.2, 0) is 19.1 Å². The normalized spacial score (nSPS) is 11.9. The van der Waals surface area contributed by atoms with Gasteiger partial charge in [-0.15, -0.1) is 0 Å². The Morgan fingerprint density at radius 3 is 2.36 bits per heavy atom. The Labute approximate surface area is 83.9 Å². The molecular formula is C10H16O4. The van der Waals surface area contributed by atoms with Crippen molar-refractivity contribution in [3.05, 3.63) is 12.2 Å². The van der Waals surface area contributed by atoms with Gasteiger partial charge in [-0.05, 0) is 20.8 Å². The molecular weight excluding hydrogens is 184 g/mol. The van der Waals surface area contributed by atoms with Crippen LogP contribution in [-0.4, -0.2) is 24.6 Å². The maximum Gasteiger partial charge on any atom is 0.315 e. The van der Waals surface area contributed by atoms with Gasteiger partial charge in [-0.1, -0.05) is 12.2 Å². The van der Waals surface area contributed by atoms with Crippen LogP contribution in [0.15, 0.2) is 12.2 Å². The zero-order valence-electron chi connectivity index (χ0n) is 8.83. The smallest absolute Gasteiger partial charge is 0.315 e. The largest absolute Gasteiger partial charge is 0.436 e. The minimum atomic E-state index is -0.640. The first-order chi connectivity index (χ1) is 6.41. The molecule has 0 aromatic heterocycles. The molecule has 0 bridgehead atoms. The third-order valence-corrected chi connectivity index (χ3v) is 1.26. The SMILES string of the molecule is C=C(C)COC(C)OC(=O)CC(C)=O. The second-order valence-electron chi connectivity index (χ2n) is 3.20. The fourth-order valence-corrected chi connectivity index (χ4v) is 0.724. The summed E-state index contributed by atoms with van der Waals surface area (Å²) in [6.45, 7) is 8.72. The fraction of sp³-hybridized carbons (Fsp3) is 0.600. The number of ether oxygens (including phenoxy) is 2. The van der Waals surface area contributed by atoms with Crippen molar-refractivity contribution in [3.63, 3.8) is 0 Å². The van der Waals surface area contributed by atoms with Crippen LogP contribution < -0.4 is 0 Å². The molecule has 14 heavy (non-hydrogen) atoms. The van der Waals surface area contributed by atoms with E-state index in [1.807, 2.05) is 6.92 Å². The Morgan fingerprint density at radius 2 is 1.93 bits per heavy atom. The molecule has 1 unspecified atom stereocenters. The Balaban J connectivity index is 3.71. The topological polar surface area (TPSA) is 52.6 Å². The van der Waals surface area contributed by atoms with Crippen LogP contribution in [0, 0.1) is 0 Å². The summed E-state index contributed by atoms with van der Waals surface area (Å²) in [5.41, 5.74) is 0.847. The number of rotatable bonds is 6. The molecule has 4 nitrogen and oxygen atoms in total. The molecule has 0 aliphatic rings. The first-order valence-corrected chi connectivity index (χ1v) is 4.36. The molecule has 0 saturated carbocycles. The van der Waals surface area contributed by atoms with E-state index in [4.69, 9.17) is 9.47 Å². The van der Waals surface area contributed by atoms with E-state index in [0.29, 0.717) is 6.61 Å². The van der Waals surface area contributed by atoms with Gasteiger partial charge in [0.05, 0.1) is 6.61 Å². The van der Waals surface area contributed by atoms with Crippen LogP contribution >= 0.6 is 0 Å². The molecule has 0 radical (unpaired) electrons. The van der Waals surface area contributed by atoms with Crippen LogP contribution in [0.3, 0.4) is 0 Å². The lowest BCUT2D eigenvalue weighted by molar-refractivity contribution is -0.173. The summed E-state index contributed by atoms with van der Waals surface area (Å²) < 4.78 is 9.89. The van der Waals surface area contributed by atoms with Gasteiger partial charge in [-0.2, -0.15) is 0 Å². The highest BCUT2D eigenvalue weighted by molar-refractivity contribution is 5.94. The molecule has 0 aliphatic heterocycles. The van der Waals surface area contributed by atoms with E-state index in [2.05, 4.69) is 6.58 Å². The van der Waals surface area contributed by atoms with Crippen molar-refractivity contribution in [1.82, 2.24) is 0 Å². The van der Waals surface area contributed by atoms with Gasteiger partial charge in [0.2, 0.25) is 0 Å². The van der Waals surface area contributed by atoms with Crippen molar-refractivity contribution in [2.75, 3.05) is 6.61 Å². The lowest BCUT2D eigenvalue weighted by Crippen LogP contribution is -2.20. The zero-order valence-corrected chi connectivity index (χ0v) is 8.83. The van der Waals surface area contributed by atoms with Crippen LogP contribution in [0.1, 0.15) is 27.2 Å². The summed E-state index contributed by atoms with van der Waals surface area (Å²) in [5, 5.41) is 0. The second kappa shape index (κ2) is 6.32. The first-order valence-electron chi connectivity index (χ1n) is 4.36. The monoisotopic (exact) mass is 200 g/mol. The summed E-state index contributed by atoms with van der Waals surface area (Å²) in [6, 6.07) is 0. The summed E-state index contributed by atoms with van der Waals surface area (Å²) in [5.74, 6) is -0.784. The van der Waals surface area contributed by atoms with Gasteiger partial charge < -0.3 is 9.47 Å². The first kappa shape index (κ1) is 12.8. The van der Waals surface area contributed by atoms with Crippen LogP contribution in [0.4, 0.5) is 0 Å². The van der Waals surface area contributed by atoms with E-state index in [-0.39, 0.29) is 12.2 Å². The third kappa shape index (κ3) is 7.49. The van der Waals surface area contributed by atoms with Crippen molar-refractivity contribution in [3.8, 4) is 0 Å². The molecule has 1 atom stereocenters. The van der Waals surface area contributed by atoms with Gasteiger partial charge in [0.15, 0.2) is 6.29 Å². The molecule has 4 heteroatoms. The Morgan fingerprint density at radius 1 is 1.36 bits per heavy atom. The minimum absolute atomic E-state index is 0.208. The van der Waals surface area contributed by atoms with Crippen molar-refractivity contribution >= 4 is 11.8 Å². The second-order valence-corrected chi connectivity index (χ2v) is 3.20. The summed E-state index contributed by atoms with van der Waals surface area (Å²) >= 11 is 0. The summed E-state index contributed by atoms with van der Waals surface area (Å²) in [6.07, 6.45) is -0.848. The van der Waals surface area contributed by atoms with Crippen molar-refractivity contribution in [1.29, 1.82) is 0 Å². The maximum atomic E-state index is 11.0. The fourth-order valence-electron chi connectivity index (χ4n) is 0.724. The van der Waals surface area contributed by atoms with E-state index >= 15 is 0 Å². The standard InChI is InChI=1S/C10H16O4/c1-7(2)6-13-9(4)14-10(12)5-8(3)11/h9H,1,5-6H2,2-4H3. The van der Waals surface area contributed by atoms with Crippen LogP contribution in [0.2, 0.25) is 0 Å². The zero-order chi connectivity index (χ0) is 11.1. The maximum absolute atomic E-state index is 11.0. The highest BCUT2D eigenvalue weighted by Gasteiger charge is 2.11. The number of hydrogen-bond acceptors (Lipinski definition) is 4. The predicted octanol–water partition coefficient (Wildman–Crippen LogP) is 1.45. The number of carbonyl (C=O) groups is 2. The van der Waals surface area contributed by atoms with E-state index in [1.165, 1.54) is 6.92 Å². The highest BCUT2D eigenvalue weighted by Crippen LogP contribution is 1.99. The quantitative estimate of drug-likeness (QED) is 0.282. The molecule has 0 fully saturated rings. The Hall–Kier alpha value is -1.16. The third-order valence-electron chi connectivity index (χ3n) is 1.26. The Kier molecular flexibility index (Phi) is 5.79. The molecule has 0 heterocycles. The van der Waals surface area contributed by atoms with Crippen LogP contribution in [0.5, 0.6) is 0 Å². The van der Waals surface area contributed by atoms with Crippen molar-refractivity contribution < 1.29 is 19.1 Å². The highest BCUT2D eigenvalue weighted by atomic mass is 16.7. The van der Waals surface area contributed by atoms with E-state index in [1.54, 1.807) is 6.92 Å². The van der Waals surface area contributed by atoms with Crippen LogP contribution in [0.25, 0.3) is 0 Å². The van der Waals surface area contributed by atoms with E-state index in [0.717, 1.165) is 5.57 Å². The molecule has 0 aliphatic carbocycles. The predicted molar refractivity (Wildman–Crippen MR) is 51.6 cm³/mol. The van der Waals surface area contributed by atoms with E-state index in [9.17, 15) is 9.59 Å². The average Bonchev–Trinajstić information content (AvgIpc) is 1.98.